The molecule has 13 heteroatoms. The minimum Gasteiger partial charge on any atom is -0.324 e. The number of aryl methyl sites for hydroxylation is 3. The lowest BCUT2D eigenvalue weighted by molar-refractivity contribution is -0.123. The molecule has 1 saturated carbocycles. The van der Waals surface area contributed by atoms with Gasteiger partial charge in [-0.2, -0.15) is 0 Å². The summed E-state index contributed by atoms with van der Waals surface area (Å²) in [6.45, 7) is 11.6. The molecule has 7 rings (SSSR count). The van der Waals surface area contributed by atoms with Gasteiger partial charge in [0, 0.05) is 63.5 Å². The van der Waals surface area contributed by atoms with Gasteiger partial charge in [-0.25, -0.2) is 0 Å². The molecule has 1 amide bonds. The molecule has 1 fully saturated rings. The molecule has 3 aromatic heterocycles. The number of nitrogens with one attached hydrogen (secondary N) is 1. The summed E-state index contributed by atoms with van der Waals surface area (Å²) in [4.78, 5) is 61.4. The van der Waals surface area contributed by atoms with Crippen molar-refractivity contribution in [3.63, 3.8) is 0 Å². The number of nitrogens with zero attached hydrogens (tertiary/aromatic N) is 5. The van der Waals surface area contributed by atoms with E-state index in [1.807, 2.05) is 36.6 Å². The second-order valence-corrected chi connectivity index (χ2v) is 17.6. The molecule has 55 heavy (non-hydrogen) atoms. The Bertz CT molecular complexity index is 2180. The largest absolute Gasteiger partial charge is 0.324 e. The molecule has 1 aromatic carbocycles. The number of rotatable bonds is 15. The van der Waals surface area contributed by atoms with Crippen LogP contribution in [-0.4, -0.2) is 67.8 Å². The van der Waals surface area contributed by atoms with Crippen molar-refractivity contribution in [2.24, 2.45) is 4.99 Å². The number of ketones is 3. The summed E-state index contributed by atoms with van der Waals surface area (Å²) < 4.78 is 2.07. The standard InChI is InChI=1S/C42H47ClN6O4S2/c1-24-9-8-11-35(36(52)19-24)48-22-32-33(41(48)53)23-54-37(32)17-16-31(51)21-44-18-7-5-6-10-30(50)20-34-40-47-46-27(4)49(40)42-38(25(2)26(3)55-42)39(45-34)28-12-14-29(43)15-13-28/h12-15,23,34-35,44H,1,5-11,16-22H2,2-4H3/t34-,35?/m0/s1. The average Bonchev–Trinajstić information content (AvgIpc) is 3.85. The van der Waals surface area contributed by atoms with Crippen molar-refractivity contribution in [3.8, 4) is 5.00 Å². The number of hydrogen-bond donors (Lipinski definition) is 1. The first-order valence-corrected chi connectivity index (χ1v) is 21.3. The Morgan fingerprint density at radius 1 is 1.04 bits per heavy atom. The normalized spacial score (nSPS) is 18.1. The molecular formula is C42H47ClN6O4S2. The number of carbonyl (C=O) groups is 4. The zero-order chi connectivity index (χ0) is 38.8. The van der Waals surface area contributed by atoms with Gasteiger partial charge in [0.2, 0.25) is 0 Å². The number of hydrogen-bond acceptors (Lipinski definition) is 10. The summed E-state index contributed by atoms with van der Waals surface area (Å²) in [5.74, 6) is 1.72. The van der Waals surface area contributed by atoms with Crippen molar-refractivity contribution in [1.29, 1.82) is 0 Å². The number of carbonyl (C=O) groups excluding carboxylic acids is 4. The van der Waals surface area contributed by atoms with Crippen molar-refractivity contribution in [2.45, 2.75) is 110 Å². The van der Waals surface area contributed by atoms with Gasteiger partial charge in [0.25, 0.3) is 5.91 Å². The van der Waals surface area contributed by atoms with E-state index >= 15 is 0 Å². The maximum absolute atomic E-state index is 13.4. The van der Waals surface area contributed by atoms with Crippen LogP contribution in [0.15, 0.2) is 46.8 Å². The highest BCUT2D eigenvalue weighted by Crippen LogP contribution is 2.40. The first-order chi connectivity index (χ1) is 26.5. The molecule has 2 atom stereocenters. The number of benzene rings is 1. The number of aliphatic imine (C=N–C) groups is 1. The molecule has 5 heterocycles. The summed E-state index contributed by atoms with van der Waals surface area (Å²) in [5, 5.41) is 15.7. The molecule has 10 nitrogen and oxygen atoms in total. The number of aromatic nitrogens is 3. The van der Waals surface area contributed by atoms with Crippen LogP contribution < -0.4 is 5.32 Å². The van der Waals surface area contributed by atoms with Gasteiger partial charge >= 0.3 is 0 Å². The minimum atomic E-state index is -0.465. The molecule has 1 N–H and O–H groups in total. The quantitative estimate of drug-likeness (QED) is 0.0730. The van der Waals surface area contributed by atoms with Gasteiger partial charge in [-0.15, -0.1) is 32.9 Å². The van der Waals surface area contributed by atoms with E-state index in [0.717, 1.165) is 81.3 Å². The summed E-state index contributed by atoms with van der Waals surface area (Å²) >= 11 is 9.46. The Morgan fingerprint density at radius 2 is 1.84 bits per heavy atom. The number of amides is 1. The van der Waals surface area contributed by atoms with Crippen molar-refractivity contribution >= 4 is 63.2 Å². The Balaban J connectivity index is 0.861. The fourth-order valence-corrected chi connectivity index (χ4v) is 10.3. The molecule has 0 spiro atoms. The zero-order valence-electron chi connectivity index (χ0n) is 31.7. The summed E-state index contributed by atoms with van der Waals surface area (Å²) in [6, 6.07) is 6.83. The SMILES string of the molecule is C=C1CCCC(N2Cc3c(csc3CCC(=O)CNCCCCCC(=O)C[C@@H]3N=C(c4ccc(Cl)cc4)c4c(sc(C)c4C)-n4c(C)nnc43)C2=O)C(=O)C1. The van der Waals surface area contributed by atoms with E-state index < -0.39 is 6.04 Å². The highest BCUT2D eigenvalue weighted by molar-refractivity contribution is 7.15. The number of unbranched alkanes of at least 4 members (excludes halogenated alkanes) is 2. The van der Waals surface area contributed by atoms with E-state index in [1.54, 1.807) is 16.2 Å². The van der Waals surface area contributed by atoms with Crippen LogP contribution in [0.3, 0.4) is 0 Å². The lowest BCUT2D eigenvalue weighted by atomic mass is 9.99. The van der Waals surface area contributed by atoms with E-state index in [-0.39, 0.29) is 42.3 Å². The van der Waals surface area contributed by atoms with Gasteiger partial charge in [0.05, 0.1) is 23.9 Å². The smallest absolute Gasteiger partial charge is 0.255 e. The highest BCUT2D eigenvalue weighted by Gasteiger charge is 2.39. The average molecular weight is 799 g/mol. The fourth-order valence-electron chi connectivity index (χ4n) is 7.89. The number of thiophene rings is 2. The highest BCUT2D eigenvalue weighted by atomic mass is 35.5. The Labute approximate surface area is 335 Å². The van der Waals surface area contributed by atoms with Gasteiger partial charge in [-0.3, -0.25) is 28.7 Å². The molecular weight excluding hydrogens is 752 g/mol. The molecule has 2 aliphatic heterocycles. The zero-order valence-corrected chi connectivity index (χ0v) is 34.1. The van der Waals surface area contributed by atoms with Crippen LogP contribution in [0.1, 0.15) is 124 Å². The van der Waals surface area contributed by atoms with E-state index in [1.165, 1.54) is 16.2 Å². The third-order valence-corrected chi connectivity index (χ3v) is 13.6. The van der Waals surface area contributed by atoms with Crippen LogP contribution in [0.2, 0.25) is 5.02 Å². The summed E-state index contributed by atoms with van der Waals surface area (Å²) in [5.41, 5.74) is 6.60. The Kier molecular flexibility index (Phi) is 12.1. The maximum Gasteiger partial charge on any atom is 0.255 e. The summed E-state index contributed by atoms with van der Waals surface area (Å²) in [7, 11) is 0. The lowest BCUT2D eigenvalue weighted by Gasteiger charge is -2.25. The van der Waals surface area contributed by atoms with Gasteiger partial charge in [0.1, 0.15) is 28.4 Å². The first kappa shape index (κ1) is 39.1. The fraction of sp³-hybridized carbons (Fsp3) is 0.452. The van der Waals surface area contributed by atoms with Crippen LogP contribution >= 0.6 is 34.3 Å². The van der Waals surface area contributed by atoms with Crippen molar-refractivity contribution in [2.75, 3.05) is 13.1 Å². The second kappa shape index (κ2) is 17.0. The van der Waals surface area contributed by atoms with Gasteiger partial charge < -0.3 is 10.2 Å². The van der Waals surface area contributed by atoms with Crippen molar-refractivity contribution in [1.82, 2.24) is 25.0 Å². The molecule has 3 aliphatic rings. The monoisotopic (exact) mass is 798 g/mol. The van der Waals surface area contributed by atoms with Crippen LogP contribution in [-0.2, 0) is 27.3 Å². The Morgan fingerprint density at radius 3 is 2.64 bits per heavy atom. The molecule has 1 aliphatic carbocycles. The van der Waals surface area contributed by atoms with E-state index in [2.05, 4.69) is 40.5 Å². The molecule has 0 bridgehead atoms. The Hall–Kier alpha value is -4.10. The second-order valence-electron chi connectivity index (χ2n) is 15.0. The maximum atomic E-state index is 13.4. The molecule has 1 unspecified atom stereocenters. The van der Waals surface area contributed by atoms with Crippen LogP contribution in [0.5, 0.6) is 0 Å². The van der Waals surface area contributed by atoms with E-state index in [0.29, 0.717) is 61.6 Å². The van der Waals surface area contributed by atoms with Crippen LogP contribution in [0.4, 0.5) is 0 Å². The van der Waals surface area contributed by atoms with Gasteiger partial charge in [0.15, 0.2) is 11.6 Å². The topological polar surface area (TPSA) is 127 Å². The number of allylic oxidation sites excluding steroid dienone is 1. The van der Waals surface area contributed by atoms with Crippen molar-refractivity contribution in [3.05, 3.63) is 96.0 Å². The molecule has 0 saturated heterocycles. The third kappa shape index (κ3) is 8.38. The molecule has 4 aromatic rings. The van der Waals surface area contributed by atoms with E-state index in [9.17, 15) is 19.2 Å². The predicted molar refractivity (Wildman–Crippen MR) is 218 cm³/mol. The number of fused-ring (bicyclic) bond motifs is 4. The third-order valence-electron chi connectivity index (χ3n) is 11.0. The first-order valence-electron chi connectivity index (χ1n) is 19.2. The van der Waals surface area contributed by atoms with Crippen molar-refractivity contribution < 1.29 is 19.2 Å². The van der Waals surface area contributed by atoms with Crippen LogP contribution in [0, 0.1) is 20.8 Å². The van der Waals surface area contributed by atoms with E-state index in [4.69, 9.17) is 16.6 Å². The van der Waals surface area contributed by atoms with Gasteiger partial charge in [-0.05, 0) is 89.1 Å². The predicted octanol–water partition coefficient (Wildman–Crippen LogP) is 8.20. The lowest BCUT2D eigenvalue weighted by Crippen LogP contribution is -2.40. The summed E-state index contributed by atoms with van der Waals surface area (Å²) in [6.07, 6.45) is 6.88. The molecule has 0 radical (unpaired) electrons. The number of halogens is 1. The minimum absolute atomic E-state index is 0.0684. The molecule has 288 valence electrons. The van der Waals surface area contributed by atoms with Gasteiger partial charge in [-0.1, -0.05) is 42.3 Å². The van der Waals surface area contributed by atoms with Crippen LogP contribution in [0.25, 0.3) is 5.00 Å². The number of Topliss-reactive ketones (excluding diaryl/α,β-unsaturated/α-hetero) is 3.